The number of pyridine rings is 1. The third-order valence-corrected chi connectivity index (χ3v) is 9.06. The molecular formula is C21H29N7O16P3+. The lowest BCUT2D eigenvalue weighted by atomic mass is 10.1. The van der Waals surface area contributed by atoms with Gasteiger partial charge in [0.05, 0.1) is 25.1 Å². The Hall–Kier alpha value is -2.95. The molecule has 2 unspecified atom stereocenters. The van der Waals surface area contributed by atoms with E-state index in [-0.39, 0.29) is 23.6 Å². The number of imidazole rings is 1. The number of fused-ring (bicyclic) bond motifs is 1. The number of nitrogens with zero attached hydrogens (tertiary/aromatic N) is 5. The van der Waals surface area contributed by atoms with Gasteiger partial charge in [0.2, 0.25) is 5.91 Å². The molecule has 5 rings (SSSR count). The van der Waals surface area contributed by atoms with Gasteiger partial charge in [-0.15, -0.1) is 4.52 Å². The van der Waals surface area contributed by atoms with Crippen LogP contribution in [-0.2, 0) is 41.1 Å². The largest absolute Gasteiger partial charge is 0.708 e. The van der Waals surface area contributed by atoms with Crippen molar-refractivity contribution in [1.82, 2.24) is 24.5 Å². The Morgan fingerprint density at radius 1 is 1.11 bits per heavy atom. The number of phosphoric acid groups is 2. The molecule has 5 heterocycles. The predicted octanol–water partition coefficient (Wildman–Crippen LogP) is -1.75. The van der Waals surface area contributed by atoms with Crippen LogP contribution in [-0.4, -0.2) is 117 Å². The van der Waals surface area contributed by atoms with Crippen molar-refractivity contribution in [3.63, 3.8) is 0 Å². The fraction of sp³-hybridized carbons (Fsp3) is 0.476. The van der Waals surface area contributed by atoms with Gasteiger partial charge in [0.1, 0.15) is 55.1 Å². The van der Waals surface area contributed by atoms with Crippen LogP contribution in [0.4, 0.5) is 5.82 Å². The van der Waals surface area contributed by atoms with Gasteiger partial charge >= 0.3 is 23.9 Å². The van der Waals surface area contributed by atoms with Crippen molar-refractivity contribution in [3.05, 3.63) is 42.7 Å². The minimum atomic E-state index is -5.18. The molecule has 26 heteroatoms. The van der Waals surface area contributed by atoms with Gasteiger partial charge in [-0.1, -0.05) is 0 Å². The standard InChI is InChI=1S/C15H22N5O15P3.C6H6N2O/c16-13-9-14(18-4-17-13)20(5-19-9)15-12(34-37(25,26)27)11(23)8(33-15)3-32-38(28,29)35-36(24)31-2-7-10(22)6(21)1-30-7;7-6(9)5-2-1-3-8-4-5/h4-8,10-12,15,21-23H,1-3H2,(H4-,16,17,18,25,26,27,28,29);1-4H,(H2,7,9)/p+1/t6-,7+,8+,10-,11+,12+,15+;/m0./s1. The second kappa shape index (κ2) is 15.5. The van der Waals surface area contributed by atoms with Crippen LogP contribution in [0.15, 0.2) is 37.2 Å². The Morgan fingerprint density at radius 3 is 2.45 bits per heavy atom. The van der Waals surface area contributed by atoms with Crippen LogP contribution in [0.5, 0.6) is 0 Å². The van der Waals surface area contributed by atoms with Crippen LogP contribution in [0, 0.1) is 0 Å². The smallest absolute Gasteiger partial charge is 0.388 e. The van der Waals surface area contributed by atoms with Crippen LogP contribution in [0.25, 0.3) is 11.2 Å². The van der Waals surface area contributed by atoms with Gasteiger partial charge < -0.3 is 46.0 Å². The van der Waals surface area contributed by atoms with Gasteiger partial charge in [-0.05, 0) is 16.4 Å². The van der Waals surface area contributed by atoms with Gasteiger partial charge in [-0.2, -0.15) is 0 Å². The number of aromatic nitrogens is 5. The highest BCUT2D eigenvalue weighted by Gasteiger charge is 2.50. The average molecular weight is 728 g/mol. The Labute approximate surface area is 264 Å². The number of aliphatic hydroxyl groups is 3. The molecule has 1 amide bonds. The zero-order valence-electron chi connectivity index (χ0n) is 23.6. The first-order chi connectivity index (χ1) is 22.1. The summed E-state index contributed by atoms with van der Waals surface area (Å²) < 4.78 is 65.9. The molecule has 2 fully saturated rings. The third-order valence-electron chi connectivity index (χ3n) is 6.35. The second-order valence-electron chi connectivity index (χ2n) is 9.60. The summed E-state index contributed by atoms with van der Waals surface area (Å²) >= 11 is 0. The van der Waals surface area contributed by atoms with Gasteiger partial charge in [0.25, 0.3) is 0 Å². The Balaban J connectivity index is 0.000000479. The summed E-state index contributed by atoms with van der Waals surface area (Å²) in [7, 11) is -13.6. The first-order valence-corrected chi connectivity index (χ1v) is 17.1. The molecule has 2 saturated heterocycles. The Morgan fingerprint density at radius 2 is 1.85 bits per heavy atom. The van der Waals surface area contributed by atoms with Crippen molar-refractivity contribution in [2.24, 2.45) is 5.73 Å². The van der Waals surface area contributed by atoms with E-state index in [1.807, 2.05) is 0 Å². The molecule has 0 aromatic carbocycles. The zero-order chi connectivity index (χ0) is 34.5. The monoisotopic (exact) mass is 728 g/mol. The van der Waals surface area contributed by atoms with Gasteiger partial charge in [-0.25, -0.2) is 24.1 Å². The maximum atomic E-state index is 12.2. The number of nitrogens with two attached hydrogens (primary N) is 2. The number of nitrogen functional groups attached to an aromatic ring is 1. The van der Waals surface area contributed by atoms with E-state index >= 15 is 0 Å². The lowest BCUT2D eigenvalue weighted by Crippen LogP contribution is -2.35. The fourth-order valence-corrected chi connectivity index (χ4v) is 6.36. The molecule has 0 saturated carbocycles. The van der Waals surface area contributed by atoms with E-state index in [9.17, 15) is 48.5 Å². The molecule has 3 aromatic heterocycles. The van der Waals surface area contributed by atoms with E-state index in [1.165, 1.54) is 6.20 Å². The van der Waals surface area contributed by atoms with Crippen LogP contribution < -0.4 is 11.5 Å². The fourth-order valence-electron chi connectivity index (χ4n) is 4.16. The number of aliphatic hydroxyl groups excluding tert-OH is 3. The molecule has 9 atom stereocenters. The van der Waals surface area contributed by atoms with Crippen molar-refractivity contribution in [3.8, 4) is 0 Å². The Kier molecular flexibility index (Phi) is 12.2. The highest BCUT2D eigenvalue weighted by atomic mass is 31.2. The van der Waals surface area contributed by atoms with Crippen LogP contribution >= 0.6 is 23.9 Å². The van der Waals surface area contributed by atoms with E-state index in [1.54, 1.807) is 18.3 Å². The van der Waals surface area contributed by atoms with Crippen LogP contribution in [0.2, 0.25) is 0 Å². The lowest BCUT2D eigenvalue weighted by molar-refractivity contribution is -0.0496. The Bertz CT molecular complexity index is 1650. The SMILES string of the molecule is NC(=O)c1cccnc1.Nc1ncnc2c1ncn2[C@@H]1O[C@H](COP(=O)(O)O[P+](=O)OC[C@H]2OC[C@H](O)[C@@H]2O)[C@@H](O)[C@H]1OP(=O)(O)O. The summed E-state index contributed by atoms with van der Waals surface area (Å²) in [5, 5.41) is 29.7. The zero-order valence-corrected chi connectivity index (χ0v) is 26.3. The summed E-state index contributed by atoms with van der Waals surface area (Å²) in [5.41, 5.74) is 11.3. The lowest BCUT2D eigenvalue weighted by Gasteiger charge is -2.22. The highest BCUT2D eigenvalue weighted by Crippen LogP contribution is 2.53. The number of hydrogen-bond donors (Lipinski definition) is 8. The molecule has 23 nitrogen and oxygen atoms in total. The topological polar surface area (TPSA) is 354 Å². The maximum Gasteiger partial charge on any atom is 0.708 e. The molecule has 0 aliphatic carbocycles. The van der Waals surface area contributed by atoms with Crippen molar-refractivity contribution < 1.29 is 75.8 Å². The number of hydrogen-bond acceptors (Lipinski definition) is 18. The van der Waals surface area contributed by atoms with Gasteiger partial charge in [0, 0.05) is 17.0 Å². The van der Waals surface area contributed by atoms with Crippen molar-refractivity contribution in [2.45, 2.75) is 42.9 Å². The third kappa shape index (κ3) is 9.80. The maximum absolute atomic E-state index is 12.2. The number of amides is 1. The highest BCUT2D eigenvalue weighted by molar-refractivity contribution is 7.56. The summed E-state index contributed by atoms with van der Waals surface area (Å²) in [6, 6.07) is 3.29. The molecule has 2 aliphatic rings. The summed E-state index contributed by atoms with van der Waals surface area (Å²) in [6.07, 6.45) is -4.90. The number of anilines is 1. The van der Waals surface area contributed by atoms with E-state index in [2.05, 4.69) is 28.8 Å². The van der Waals surface area contributed by atoms with Crippen molar-refractivity contribution in [1.29, 1.82) is 0 Å². The number of primary amides is 1. The van der Waals surface area contributed by atoms with Gasteiger partial charge in [-0.3, -0.25) is 28.3 Å². The number of ether oxygens (including phenoxy) is 2. The van der Waals surface area contributed by atoms with Crippen LogP contribution in [0.1, 0.15) is 16.6 Å². The van der Waals surface area contributed by atoms with Crippen molar-refractivity contribution in [2.75, 3.05) is 25.6 Å². The molecule has 258 valence electrons. The number of phosphoric ester groups is 2. The quantitative estimate of drug-likeness (QED) is 0.0959. The van der Waals surface area contributed by atoms with Crippen molar-refractivity contribution >= 4 is 46.8 Å². The molecule has 10 N–H and O–H groups in total. The minimum absolute atomic E-state index is 0.0143. The molecule has 0 spiro atoms. The summed E-state index contributed by atoms with van der Waals surface area (Å²) in [4.78, 5) is 54.3. The normalized spacial score (nSPS) is 27.6. The van der Waals surface area contributed by atoms with Crippen LogP contribution in [0.3, 0.4) is 0 Å². The number of carbonyl (C=O) groups is 1. The van der Waals surface area contributed by atoms with Gasteiger partial charge in [0.15, 0.2) is 17.7 Å². The van der Waals surface area contributed by atoms with E-state index in [4.69, 9.17) is 30.0 Å². The first kappa shape index (κ1) is 36.9. The summed E-state index contributed by atoms with van der Waals surface area (Å²) in [5.74, 6) is -0.456. The minimum Gasteiger partial charge on any atom is -0.388 e. The molecule has 3 aromatic rings. The molecule has 47 heavy (non-hydrogen) atoms. The molecular weight excluding hydrogens is 699 g/mol. The number of rotatable bonds is 12. The molecule has 0 bridgehead atoms. The van der Waals surface area contributed by atoms with E-state index in [0.29, 0.717) is 5.56 Å². The predicted molar refractivity (Wildman–Crippen MR) is 151 cm³/mol. The summed E-state index contributed by atoms with van der Waals surface area (Å²) in [6.45, 7) is -1.65. The molecule has 2 aliphatic heterocycles. The molecule has 0 radical (unpaired) electrons. The first-order valence-electron chi connectivity index (χ1n) is 13.0. The van der Waals surface area contributed by atoms with E-state index in [0.717, 1.165) is 17.2 Å². The number of carbonyl (C=O) groups excluding carboxylic acids is 1. The second-order valence-corrected chi connectivity index (χ2v) is 13.3. The van der Waals surface area contributed by atoms with E-state index < -0.39 is 85.9 Å². The average Bonchev–Trinajstić information content (AvgIpc) is 3.67.